The summed E-state index contributed by atoms with van der Waals surface area (Å²) >= 11 is 0. The lowest BCUT2D eigenvalue weighted by Crippen LogP contribution is -2.41. The molecule has 0 aliphatic rings. The van der Waals surface area contributed by atoms with E-state index in [-0.39, 0.29) is 6.42 Å². The molecule has 2 aromatic rings. The fourth-order valence-electron chi connectivity index (χ4n) is 2.36. The summed E-state index contributed by atoms with van der Waals surface area (Å²) in [6.07, 6.45) is -0.372. The minimum atomic E-state index is -3.72. The Kier molecular flexibility index (Phi) is 6.28. The van der Waals surface area contributed by atoms with Crippen molar-refractivity contribution in [1.29, 1.82) is 0 Å². The number of benzene rings is 2. The van der Waals surface area contributed by atoms with Crippen molar-refractivity contribution in [3.63, 3.8) is 0 Å². The highest BCUT2D eigenvalue weighted by atomic mass is 32.2. The number of hydrogen-bond acceptors (Lipinski definition) is 4. The predicted octanol–water partition coefficient (Wildman–Crippen LogP) is 4.02. The highest BCUT2D eigenvalue weighted by molar-refractivity contribution is 7.90. The minimum Gasteiger partial charge on any atom is -0.481 e. The number of nitrogens with one attached hydrogen (secondary N) is 1. The van der Waals surface area contributed by atoms with Gasteiger partial charge >= 0.3 is 5.97 Å². The van der Waals surface area contributed by atoms with E-state index < -0.39 is 26.8 Å². The van der Waals surface area contributed by atoms with Crippen LogP contribution in [0.2, 0.25) is 0 Å². The number of para-hydroxylation sites is 1. The Morgan fingerprint density at radius 2 is 1.81 bits per heavy atom. The van der Waals surface area contributed by atoms with Crippen LogP contribution in [0.25, 0.3) is 0 Å². The predicted molar refractivity (Wildman–Crippen MR) is 104 cm³/mol. The summed E-state index contributed by atoms with van der Waals surface area (Å²) in [4.78, 5) is 11.3. The van der Waals surface area contributed by atoms with Gasteiger partial charge in [0.15, 0.2) is 0 Å². The maximum absolute atomic E-state index is 12.5. The average molecular weight is 391 g/mol. The van der Waals surface area contributed by atoms with Gasteiger partial charge in [-0.15, -0.1) is 0 Å². The molecule has 0 saturated heterocycles. The summed E-state index contributed by atoms with van der Waals surface area (Å²) in [5.74, 6) is 0.0914. The molecule has 0 heterocycles. The maximum atomic E-state index is 12.5. The topological polar surface area (TPSA) is 92.7 Å². The number of ether oxygens (including phenoxy) is 1. The van der Waals surface area contributed by atoms with Gasteiger partial charge in [0.2, 0.25) is 10.0 Å². The number of rotatable bonds is 7. The molecule has 2 rings (SSSR count). The van der Waals surface area contributed by atoms with E-state index in [2.05, 4.69) is 4.72 Å². The SMILES string of the molecule is Cc1ccccc1Oc1cccc([C@@H](CC(=O)O)NS(=O)(=O)C(C)(C)C)c1. The lowest BCUT2D eigenvalue weighted by Gasteiger charge is -2.25. The Morgan fingerprint density at radius 3 is 2.41 bits per heavy atom. The second-order valence-electron chi connectivity index (χ2n) is 7.32. The molecule has 146 valence electrons. The summed E-state index contributed by atoms with van der Waals surface area (Å²) in [6.45, 7) is 6.60. The van der Waals surface area contributed by atoms with Crippen molar-refractivity contribution in [1.82, 2.24) is 4.72 Å². The van der Waals surface area contributed by atoms with Gasteiger partial charge in [-0.05, 0) is 57.0 Å². The van der Waals surface area contributed by atoms with Crippen LogP contribution >= 0.6 is 0 Å². The van der Waals surface area contributed by atoms with Crippen LogP contribution in [0.1, 0.15) is 44.4 Å². The highest BCUT2D eigenvalue weighted by Gasteiger charge is 2.32. The summed E-state index contributed by atoms with van der Waals surface area (Å²) in [7, 11) is -3.72. The monoisotopic (exact) mass is 391 g/mol. The Labute approximate surface area is 160 Å². The molecular formula is C20H25NO5S. The smallest absolute Gasteiger partial charge is 0.305 e. The summed E-state index contributed by atoms with van der Waals surface area (Å²) < 4.78 is 32.3. The van der Waals surface area contributed by atoms with Crippen molar-refractivity contribution in [3.8, 4) is 11.5 Å². The molecule has 6 nitrogen and oxygen atoms in total. The molecular weight excluding hydrogens is 366 g/mol. The van der Waals surface area contributed by atoms with Gasteiger partial charge in [0.25, 0.3) is 0 Å². The normalized spacial score (nSPS) is 13.2. The van der Waals surface area contributed by atoms with Gasteiger partial charge in [-0.2, -0.15) is 0 Å². The van der Waals surface area contributed by atoms with Crippen LogP contribution in [0.15, 0.2) is 48.5 Å². The molecule has 0 saturated carbocycles. The van der Waals surface area contributed by atoms with Crippen molar-refractivity contribution in [3.05, 3.63) is 59.7 Å². The van der Waals surface area contributed by atoms with Gasteiger partial charge in [-0.1, -0.05) is 30.3 Å². The second-order valence-corrected chi connectivity index (χ2v) is 9.79. The fourth-order valence-corrected chi connectivity index (χ4v) is 3.31. The van der Waals surface area contributed by atoms with Crippen molar-refractivity contribution in [2.45, 2.75) is 44.9 Å². The zero-order valence-corrected chi connectivity index (χ0v) is 16.7. The van der Waals surface area contributed by atoms with Crippen LogP contribution in [-0.4, -0.2) is 24.2 Å². The van der Waals surface area contributed by atoms with Crippen molar-refractivity contribution >= 4 is 16.0 Å². The zero-order chi connectivity index (χ0) is 20.2. The molecule has 0 bridgehead atoms. The summed E-state index contributed by atoms with van der Waals surface area (Å²) in [6, 6.07) is 13.4. The molecule has 0 aromatic heterocycles. The van der Waals surface area contributed by atoms with Crippen LogP contribution in [0, 0.1) is 6.92 Å². The third-order valence-corrected chi connectivity index (χ3v) is 6.27. The molecule has 0 aliphatic heterocycles. The number of aryl methyl sites for hydroxylation is 1. The average Bonchev–Trinajstić information content (AvgIpc) is 2.55. The molecule has 0 fully saturated rings. The standard InChI is InChI=1S/C20H25NO5S/c1-14-8-5-6-11-18(14)26-16-10-7-9-15(12-16)17(13-19(22)23)21-27(24,25)20(2,3)4/h5-12,17,21H,13H2,1-4H3,(H,22,23)/t17-/m1/s1. The van der Waals surface area contributed by atoms with Gasteiger partial charge in [0.1, 0.15) is 11.5 Å². The Hall–Kier alpha value is -2.38. The first kappa shape index (κ1) is 20.9. The first-order chi connectivity index (χ1) is 12.5. The zero-order valence-electron chi connectivity index (χ0n) is 15.9. The van der Waals surface area contributed by atoms with Gasteiger partial charge in [-0.3, -0.25) is 4.79 Å². The van der Waals surface area contributed by atoms with E-state index in [1.54, 1.807) is 45.0 Å². The van der Waals surface area contributed by atoms with E-state index in [9.17, 15) is 18.3 Å². The van der Waals surface area contributed by atoms with E-state index in [0.29, 0.717) is 17.1 Å². The van der Waals surface area contributed by atoms with Crippen molar-refractivity contribution in [2.75, 3.05) is 0 Å². The van der Waals surface area contributed by atoms with E-state index in [4.69, 9.17) is 4.74 Å². The van der Waals surface area contributed by atoms with E-state index in [1.807, 2.05) is 31.2 Å². The second kappa shape index (κ2) is 8.10. The van der Waals surface area contributed by atoms with Gasteiger partial charge in [-0.25, -0.2) is 13.1 Å². The molecule has 1 atom stereocenters. The van der Waals surface area contributed by atoms with Gasteiger partial charge in [0.05, 0.1) is 17.2 Å². The summed E-state index contributed by atoms with van der Waals surface area (Å²) in [5, 5.41) is 9.22. The molecule has 0 spiro atoms. The number of carboxylic acid groups (broad SMARTS) is 1. The van der Waals surface area contributed by atoms with E-state index in [0.717, 1.165) is 5.56 Å². The van der Waals surface area contributed by atoms with Crippen LogP contribution in [0.5, 0.6) is 11.5 Å². The molecule has 2 aromatic carbocycles. The van der Waals surface area contributed by atoms with E-state index >= 15 is 0 Å². The molecule has 0 radical (unpaired) electrons. The van der Waals surface area contributed by atoms with Crippen LogP contribution in [0.3, 0.4) is 0 Å². The molecule has 0 amide bonds. The molecule has 7 heteroatoms. The summed E-state index contributed by atoms with van der Waals surface area (Å²) in [5.41, 5.74) is 1.48. The first-order valence-corrected chi connectivity index (χ1v) is 10.0. The van der Waals surface area contributed by atoms with Crippen molar-refractivity contribution < 1.29 is 23.1 Å². The maximum Gasteiger partial charge on any atom is 0.305 e. The highest BCUT2D eigenvalue weighted by Crippen LogP contribution is 2.29. The number of aliphatic carboxylic acids is 1. The number of carbonyl (C=O) groups is 1. The Balaban J connectivity index is 2.34. The largest absolute Gasteiger partial charge is 0.481 e. The molecule has 0 aliphatic carbocycles. The fraction of sp³-hybridized carbons (Fsp3) is 0.350. The lowest BCUT2D eigenvalue weighted by atomic mass is 10.0. The third-order valence-electron chi connectivity index (χ3n) is 4.06. The first-order valence-electron chi connectivity index (χ1n) is 8.57. The Morgan fingerprint density at radius 1 is 1.15 bits per heavy atom. The molecule has 0 unspecified atom stereocenters. The third kappa shape index (κ3) is 5.55. The van der Waals surface area contributed by atoms with Crippen LogP contribution in [-0.2, 0) is 14.8 Å². The van der Waals surface area contributed by atoms with Crippen LogP contribution in [0.4, 0.5) is 0 Å². The van der Waals surface area contributed by atoms with Crippen molar-refractivity contribution in [2.24, 2.45) is 0 Å². The number of carboxylic acids is 1. The Bertz CT molecular complexity index is 916. The number of sulfonamides is 1. The van der Waals surface area contributed by atoms with E-state index in [1.165, 1.54) is 0 Å². The van der Waals surface area contributed by atoms with Gasteiger partial charge < -0.3 is 9.84 Å². The molecule has 27 heavy (non-hydrogen) atoms. The molecule has 2 N–H and O–H groups in total. The van der Waals surface area contributed by atoms with Crippen LogP contribution < -0.4 is 9.46 Å². The minimum absolute atomic E-state index is 0.372. The number of hydrogen-bond donors (Lipinski definition) is 2. The quantitative estimate of drug-likeness (QED) is 0.744. The lowest BCUT2D eigenvalue weighted by molar-refractivity contribution is -0.137. The van der Waals surface area contributed by atoms with Gasteiger partial charge in [0, 0.05) is 0 Å².